The zero-order chi connectivity index (χ0) is 35.6. The summed E-state index contributed by atoms with van der Waals surface area (Å²) in [6.07, 6.45) is 0. The molecule has 0 aliphatic heterocycles. The Balaban J connectivity index is 1.16. The highest BCUT2D eigenvalue weighted by Crippen LogP contribution is 2.46. The third-order valence-electron chi connectivity index (χ3n) is 11.2. The Morgan fingerprint density at radius 2 is 0.852 bits per heavy atom. The molecule has 4 heteroatoms. The summed E-state index contributed by atoms with van der Waals surface area (Å²) in [6, 6.07) is 74.6. The summed E-state index contributed by atoms with van der Waals surface area (Å²) < 4.78 is 7.01. The summed E-state index contributed by atoms with van der Waals surface area (Å²) in [6.45, 7) is 0. The normalized spacial score (nSPS) is 12.1. The monoisotopic (exact) mass is 690 g/mol. The van der Waals surface area contributed by atoms with Crippen molar-refractivity contribution >= 4 is 49.7 Å². The fraction of sp³-hybridized carbons (Fsp3) is 0.0200. The number of rotatable bonds is 6. The van der Waals surface area contributed by atoms with E-state index in [9.17, 15) is 0 Å². The van der Waals surface area contributed by atoms with Gasteiger partial charge in [-0.15, -0.1) is 0 Å². The van der Waals surface area contributed by atoms with E-state index in [1.807, 2.05) is 0 Å². The predicted molar refractivity (Wildman–Crippen MR) is 222 cm³/mol. The minimum Gasteiger partial charge on any atom is -0.309 e. The lowest BCUT2D eigenvalue weighted by Crippen LogP contribution is -2.31. The van der Waals surface area contributed by atoms with Crippen LogP contribution < -0.4 is 0 Å². The van der Waals surface area contributed by atoms with Gasteiger partial charge in [-0.1, -0.05) is 146 Å². The summed E-state index contributed by atoms with van der Waals surface area (Å²) in [7, 11) is 0. The Labute approximate surface area is 312 Å². The molecule has 0 saturated carbocycles. The summed E-state index contributed by atoms with van der Waals surface area (Å²) in [4.78, 5) is 5.15. The Morgan fingerprint density at radius 1 is 0.333 bits per heavy atom. The fourth-order valence-corrected chi connectivity index (χ4v) is 8.93. The Morgan fingerprint density at radius 3 is 1.54 bits per heavy atom. The van der Waals surface area contributed by atoms with Gasteiger partial charge in [0.1, 0.15) is 0 Å². The van der Waals surface area contributed by atoms with Crippen molar-refractivity contribution in [1.29, 1.82) is 0 Å². The standard InChI is InChI=1S/C50H34N4/c1-4-17-35(18-5-1)50(36-19-6-2-7-20-36,37-21-8-3-9-22-37)38-23-16-24-39(33-38)52-44-27-12-10-25-41(44)42-34-40(31-32-45(42)52)53-47-29-14-15-30-48(47)54-46-28-13-11-26-43(46)51-49(53)54/h1-34H. The SMILES string of the molecule is c1ccc(C(c2ccccc2)(c2ccccc2)c2cccc(-n3c4ccccc4c4cc(-n5c6ccccc6n6c7ccccc7nc56)ccc43)c2)cc1. The highest BCUT2D eigenvalue weighted by Gasteiger charge is 2.38. The molecule has 0 amide bonds. The molecule has 0 unspecified atom stereocenters. The quantitative estimate of drug-likeness (QED) is 0.160. The van der Waals surface area contributed by atoms with Crippen LogP contribution in [0.15, 0.2) is 206 Å². The molecule has 0 saturated heterocycles. The van der Waals surface area contributed by atoms with Gasteiger partial charge in [0.25, 0.3) is 0 Å². The van der Waals surface area contributed by atoms with Gasteiger partial charge in [0, 0.05) is 22.1 Å². The number of nitrogens with zero attached hydrogens (tertiary/aromatic N) is 4. The predicted octanol–water partition coefficient (Wildman–Crippen LogP) is 11.9. The smallest absolute Gasteiger partial charge is 0.220 e. The van der Waals surface area contributed by atoms with Crippen molar-refractivity contribution in [3.63, 3.8) is 0 Å². The summed E-state index contributed by atoms with van der Waals surface area (Å²) in [5, 5.41) is 2.40. The Hall–Kier alpha value is -7.17. The van der Waals surface area contributed by atoms with Crippen LogP contribution in [0, 0.1) is 0 Å². The number of imidazole rings is 2. The number of benzene rings is 8. The topological polar surface area (TPSA) is 27.2 Å². The van der Waals surface area contributed by atoms with E-state index in [1.165, 1.54) is 38.5 Å². The average molecular weight is 691 g/mol. The van der Waals surface area contributed by atoms with Crippen molar-refractivity contribution < 1.29 is 0 Å². The zero-order valence-electron chi connectivity index (χ0n) is 29.4. The molecular weight excluding hydrogens is 657 g/mol. The largest absolute Gasteiger partial charge is 0.309 e. The van der Waals surface area contributed by atoms with E-state index in [0.717, 1.165) is 44.7 Å². The van der Waals surface area contributed by atoms with E-state index in [0.29, 0.717) is 0 Å². The number of hydrogen-bond donors (Lipinski definition) is 0. The Bertz CT molecular complexity index is 3050. The fourth-order valence-electron chi connectivity index (χ4n) is 8.93. The van der Waals surface area contributed by atoms with Crippen molar-refractivity contribution in [2.75, 3.05) is 0 Å². The summed E-state index contributed by atoms with van der Waals surface area (Å²) in [5.74, 6) is 0.910. The highest BCUT2D eigenvalue weighted by molar-refractivity contribution is 6.10. The van der Waals surface area contributed by atoms with Crippen LogP contribution in [0.3, 0.4) is 0 Å². The zero-order valence-corrected chi connectivity index (χ0v) is 29.4. The molecule has 54 heavy (non-hydrogen) atoms. The molecule has 11 aromatic rings. The second kappa shape index (κ2) is 11.9. The maximum atomic E-state index is 5.15. The molecule has 0 radical (unpaired) electrons. The van der Waals surface area contributed by atoms with Gasteiger partial charge < -0.3 is 4.57 Å². The van der Waals surface area contributed by atoms with Crippen molar-refractivity contribution in [2.45, 2.75) is 5.41 Å². The van der Waals surface area contributed by atoms with Crippen LogP contribution in [0.1, 0.15) is 22.3 Å². The second-order valence-electron chi connectivity index (χ2n) is 14.0. The molecule has 254 valence electrons. The van der Waals surface area contributed by atoms with Gasteiger partial charge in [-0.2, -0.15) is 0 Å². The van der Waals surface area contributed by atoms with E-state index in [-0.39, 0.29) is 0 Å². The van der Waals surface area contributed by atoms with Gasteiger partial charge in [0.15, 0.2) is 0 Å². The molecule has 0 bridgehead atoms. The number of para-hydroxylation sites is 5. The first-order valence-corrected chi connectivity index (χ1v) is 18.5. The van der Waals surface area contributed by atoms with E-state index >= 15 is 0 Å². The van der Waals surface area contributed by atoms with Gasteiger partial charge >= 0.3 is 0 Å². The van der Waals surface area contributed by atoms with E-state index in [1.54, 1.807) is 0 Å². The van der Waals surface area contributed by atoms with Crippen LogP contribution in [0.4, 0.5) is 0 Å². The average Bonchev–Trinajstić information content (AvgIpc) is 3.89. The van der Waals surface area contributed by atoms with Gasteiger partial charge in [-0.05, 0) is 82.9 Å². The van der Waals surface area contributed by atoms with E-state index < -0.39 is 5.41 Å². The summed E-state index contributed by atoms with van der Waals surface area (Å²) >= 11 is 0. The molecule has 0 atom stereocenters. The van der Waals surface area contributed by atoms with Crippen LogP contribution in [0.25, 0.3) is 61.0 Å². The van der Waals surface area contributed by atoms with E-state index in [2.05, 4.69) is 220 Å². The van der Waals surface area contributed by atoms with Crippen molar-refractivity contribution in [3.05, 3.63) is 229 Å². The maximum absolute atomic E-state index is 5.15. The first kappa shape index (κ1) is 30.5. The molecule has 0 N–H and O–H groups in total. The highest BCUT2D eigenvalue weighted by atomic mass is 15.2. The van der Waals surface area contributed by atoms with Crippen molar-refractivity contribution in [2.24, 2.45) is 0 Å². The van der Waals surface area contributed by atoms with Crippen molar-refractivity contribution in [1.82, 2.24) is 18.5 Å². The molecule has 8 aromatic carbocycles. The number of hydrogen-bond acceptors (Lipinski definition) is 1. The molecular formula is C50H34N4. The minimum atomic E-state index is -0.541. The molecule has 0 aliphatic carbocycles. The maximum Gasteiger partial charge on any atom is 0.220 e. The number of aromatic nitrogens is 4. The lowest BCUT2D eigenvalue weighted by molar-refractivity contribution is 0.744. The van der Waals surface area contributed by atoms with Gasteiger partial charge in [-0.3, -0.25) is 8.97 Å². The van der Waals surface area contributed by atoms with Gasteiger partial charge in [0.2, 0.25) is 5.78 Å². The summed E-state index contributed by atoms with van der Waals surface area (Å²) in [5.41, 5.74) is 13.2. The van der Waals surface area contributed by atoms with Crippen LogP contribution in [0.5, 0.6) is 0 Å². The van der Waals surface area contributed by atoms with Crippen LogP contribution in [0.2, 0.25) is 0 Å². The van der Waals surface area contributed by atoms with Gasteiger partial charge in [-0.25, -0.2) is 4.98 Å². The van der Waals surface area contributed by atoms with E-state index in [4.69, 9.17) is 4.98 Å². The van der Waals surface area contributed by atoms with Gasteiger partial charge in [0.05, 0.1) is 38.5 Å². The molecule has 4 nitrogen and oxygen atoms in total. The minimum absolute atomic E-state index is 0.541. The molecule has 0 spiro atoms. The first-order valence-electron chi connectivity index (χ1n) is 18.5. The molecule has 0 aliphatic rings. The van der Waals surface area contributed by atoms with Crippen molar-refractivity contribution in [3.8, 4) is 11.4 Å². The molecule has 3 heterocycles. The third kappa shape index (κ3) is 4.34. The van der Waals surface area contributed by atoms with Crippen LogP contribution in [-0.2, 0) is 5.41 Å². The molecule has 0 fully saturated rings. The van der Waals surface area contributed by atoms with Crippen LogP contribution >= 0.6 is 0 Å². The first-order chi connectivity index (χ1) is 26.8. The lowest BCUT2D eigenvalue weighted by Gasteiger charge is -2.37. The lowest BCUT2D eigenvalue weighted by atomic mass is 9.65. The van der Waals surface area contributed by atoms with Crippen LogP contribution in [-0.4, -0.2) is 18.5 Å². The third-order valence-corrected chi connectivity index (χ3v) is 11.2. The Kier molecular flexibility index (Phi) is 6.73. The molecule has 11 rings (SSSR count). The molecule has 3 aromatic heterocycles. The number of fused-ring (bicyclic) bond motifs is 8. The second-order valence-corrected chi connectivity index (χ2v) is 14.0.